The van der Waals surface area contributed by atoms with Crippen molar-refractivity contribution in [1.82, 2.24) is 20.1 Å². The molecular formula is C16H19N5OS2. The van der Waals surface area contributed by atoms with Gasteiger partial charge in [-0.2, -0.15) is 4.98 Å². The monoisotopic (exact) mass is 361 g/mol. The molecule has 0 saturated heterocycles. The van der Waals surface area contributed by atoms with Crippen LogP contribution < -0.4 is 5.73 Å². The van der Waals surface area contributed by atoms with Gasteiger partial charge in [0.2, 0.25) is 5.89 Å². The fourth-order valence-corrected chi connectivity index (χ4v) is 5.35. The molecule has 4 rings (SSSR count). The van der Waals surface area contributed by atoms with E-state index in [2.05, 4.69) is 22.0 Å². The Bertz CT molecular complexity index is 903. The van der Waals surface area contributed by atoms with E-state index < -0.39 is 0 Å². The van der Waals surface area contributed by atoms with Crippen molar-refractivity contribution in [3.63, 3.8) is 0 Å². The van der Waals surface area contributed by atoms with E-state index in [4.69, 9.17) is 15.2 Å². The van der Waals surface area contributed by atoms with Crippen molar-refractivity contribution in [3.05, 3.63) is 22.2 Å². The minimum absolute atomic E-state index is 0.0161. The predicted molar refractivity (Wildman–Crippen MR) is 96.3 cm³/mol. The fraction of sp³-hybridized carbons (Fsp3) is 0.500. The summed E-state index contributed by atoms with van der Waals surface area (Å²) >= 11 is 3.26. The zero-order valence-electron chi connectivity index (χ0n) is 13.9. The van der Waals surface area contributed by atoms with Crippen molar-refractivity contribution in [2.45, 2.75) is 50.4 Å². The second-order valence-corrected chi connectivity index (χ2v) is 8.75. The van der Waals surface area contributed by atoms with Crippen molar-refractivity contribution < 1.29 is 4.52 Å². The van der Waals surface area contributed by atoms with E-state index in [0.29, 0.717) is 22.7 Å². The van der Waals surface area contributed by atoms with Gasteiger partial charge in [0, 0.05) is 4.88 Å². The zero-order valence-corrected chi connectivity index (χ0v) is 15.5. The molecule has 126 valence electrons. The lowest BCUT2D eigenvalue weighted by Crippen LogP contribution is -2.09. The highest BCUT2D eigenvalue weighted by atomic mass is 32.2. The molecule has 0 unspecified atom stereocenters. The molecule has 0 radical (unpaired) electrons. The molecule has 24 heavy (non-hydrogen) atoms. The van der Waals surface area contributed by atoms with Gasteiger partial charge in [-0.15, -0.1) is 11.3 Å². The van der Waals surface area contributed by atoms with Gasteiger partial charge >= 0.3 is 0 Å². The van der Waals surface area contributed by atoms with E-state index in [1.54, 1.807) is 11.3 Å². The first-order chi connectivity index (χ1) is 11.5. The summed E-state index contributed by atoms with van der Waals surface area (Å²) in [5.41, 5.74) is 7.63. The Kier molecular flexibility index (Phi) is 3.96. The summed E-state index contributed by atoms with van der Waals surface area (Å²) < 4.78 is 5.23. The van der Waals surface area contributed by atoms with E-state index in [1.807, 2.05) is 13.8 Å². The average molecular weight is 361 g/mol. The minimum atomic E-state index is -0.0161. The van der Waals surface area contributed by atoms with Crippen molar-refractivity contribution in [1.29, 1.82) is 0 Å². The number of anilines is 1. The van der Waals surface area contributed by atoms with Crippen LogP contribution in [0, 0.1) is 12.8 Å². The smallest absolute Gasteiger partial charge is 0.239 e. The number of nitrogens with zero attached hydrogens (tertiary/aromatic N) is 4. The maximum atomic E-state index is 6.27. The summed E-state index contributed by atoms with van der Waals surface area (Å²) in [4.78, 5) is 16.0. The fourth-order valence-electron chi connectivity index (χ4n) is 3.09. The van der Waals surface area contributed by atoms with Crippen molar-refractivity contribution in [2.75, 3.05) is 5.73 Å². The van der Waals surface area contributed by atoms with Crippen LogP contribution in [0.25, 0.3) is 10.2 Å². The Hall–Kier alpha value is -1.67. The summed E-state index contributed by atoms with van der Waals surface area (Å²) in [6.45, 7) is 6.11. The SMILES string of the molecule is Cc1noc([C@@H](C)Sc2nc(N)c3c4c(sc3n2)C[C@@H](C)CC4)n1. The van der Waals surface area contributed by atoms with Crippen LogP contribution in [-0.4, -0.2) is 20.1 Å². The van der Waals surface area contributed by atoms with Gasteiger partial charge in [-0.3, -0.25) is 0 Å². The Labute approximate surface area is 148 Å². The first kappa shape index (κ1) is 15.8. The Morgan fingerprint density at radius 1 is 1.33 bits per heavy atom. The third kappa shape index (κ3) is 2.77. The third-order valence-electron chi connectivity index (χ3n) is 4.34. The molecule has 2 N–H and O–H groups in total. The van der Waals surface area contributed by atoms with Crippen molar-refractivity contribution >= 4 is 39.1 Å². The number of nitrogens with two attached hydrogens (primary N) is 1. The molecule has 0 amide bonds. The molecule has 3 aromatic heterocycles. The number of aryl methyl sites for hydroxylation is 2. The molecule has 0 fully saturated rings. The molecule has 0 aliphatic heterocycles. The lowest BCUT2D eigenvalue weighted by atomic mass is 9.89. The number of hydrogen-bond acceptors (Lipinski definition) is 8. The number of aromatic nitrogens is 4. The van der Waals surface area contributed by atoms with Gasteiger partial charge < -0.3 is 10.3 Å². The van der Waals surface area contributed by atoms with Crippen LogP contribution in [0.3, 0.4) is 0 Å². The number of hydrogen-bond donors (Lipinski definition) is 1. The predicted octanol–water partition coefficient (Wildman–Crippen LogP) is 3.94. The van der Waals surface area contributed by atoms with Gasteiger partial charge in [-0.1, -0.05) is 23.8 Å². The van der Waals surface area contributed by atoms with Crippen LogP contribution in [0.1, 0.15) is 47.7 Å². The summed E-state index contributed by atoms with van der Waals surface area (Å²) in [6.07, 6.45) is 3.41. The van der Waals surface area contributed by atoms with E-state index in [9.17, 15) is 0 Å². The van der Waals surface area contributed by atoms with Crippen LogP contribution in [0.5, 0.6) is 0 Å². The second-order valence-electron chi connectivity index (χ2n) is 6.36. The molecule has 0 spiro atoms. The van der Waals surface area contributed by atoms with Crippen LogP contribution in [-0.2, 0) is 12.8 Å². The number of rotatable bonds is 3. The molecule has 1 aliphatic carbocycles. The van der Waals surface area contributed by atoms with Gasteiger partial charge in [0.25, 0.3) is 0 Å². The highest BCUT2D eigenvalue weighted by Crippen LogP contribution is 2.41. The molecule has 8 heteroatoms. The van der Waals surface area contributed by atoms with Gasteiger partial charge in [0.15, 0.2) is 11.0 Å². The first-order valence-electron chi connectivity index (χ1n) is 8.06. The van der Waals surface area contributed by atoms with Gasteiger partial charge in [0.1, 0.15) is 10.6 Å². The van der Waals surface area contributed by atoms with E-state index in [1.165, 1.54) is 28.6 Å². The number of thioether (sulfide) groups is 1. The van der Waals surface area contributed by atoms with E-state index in [0.717, 1.165) is 29.0 Å². The molecule has 1 aliphatic rings. The molecule has 3 aromatic rings. The number of thiophene rings is 1. The summed E-state index contributed by atoms with van der Waals surface area (Å²) in [5.74, 6) is 2.53. The maximum absolute atomic E-state index is 6.27. The summed E-state index contributed by atoms with van der Waals surface area (Å²) in [7, 11) is 0. The van der Waals surface area contributed by atoms with Gasteiger partial charge in [-0.05, 0) is 44.6 Å². The lowest BCUT2D eigenvalue weighted by molar-refractivity contribution is 0.376. The maximum Gasteiger partial charge on any atom is 0.239 e. The van der Waals surface area contributed by atoms with Crippen molar-refractivity contribution in [2.24, 2.45) is 5.92 Å². The number of fused-ring (bicyclic) bond motifs is 3. The minimum Gasteiger partial charge on any atom is -0.383 e. The zero-order chi connectivity index (χ0) is 16.8. The molecule has 0 saturated carbocycles. The van der Waals surface area contributed by atoms with Crippen LogP contribution in [0.4, 0.5) is 5.82 Å². The standard InChI is InChI=1S/C16H19N5OS2/c1-7-4-5-10-11(6-7)24-15-12(10)13(17)19-16(20-15)23-8(2)14-18-9(3)21-22-14/h7-8H,4-6H2,1-3H3,(H2,17,19,20)/t7-,8+/m0/s1. The molecule has 2 atom stereocenters. The lowest BCUT2D eigenvalue weighted by Gasteiger charge is -2.17. The average Bonchev–Trinajstić information content (AvgIpc) is 3.10. The Morgan fingerprint density at radius 3 is 2.92 bits per heavy atom. The largest absolute Gasteiger partial charge is 0.383 e. The quantitative estimate of drug-likeness (QED) is 0.558. The Morgan fingerprint density at radius 2 is 2.17 bits per heavy atom. The second kappa shape index (κ2) is 6.00. The van der Waals surface area contributed by atoms with Crippen LogP contribution in [0.15, 0.2) is 9.68 Å². The highest BCUT2D eigenvalue weighted by Gasteiger charge is 2.24. The topological polar surface area (TPSA) is 90.7 Å². The molecule has 0 aromatic carbocycles. The first-order valence-corrected chi connectivity index (χ1v) is 9.75. The Balaban J connectivity index is 1.68. The molecule has 6 nitrogen and oxygen atoms in total. The van der Waals surface area contributed by atoms with Crippen LogP contribution in [0.2, 0.25) is 0 Å². The molecular weight excluding hydrogens is 342 g/mol. The normalized spacial score (nSPS) is 18.7. The molecule has 3 heterocycles. The molecule has 0 bridgehead atoms. The van der Waals surface area contributed by atoms with Crippen LogP contribution >= 0.6 is 23.1 Å². The summed E-state index contributed by atoms with van der Waals surface area (Å²) in [5, 5.41) is 5.54. The summed E-state index contributed by atoms with van der Waals surface area (Å²) in [6, 6.07) is 0. The number of nitrogen functional groups attached to an aromatic ring is 1. The van der Waals surface area contributed by atoms with Crippen molar-refractivity contribution in [3.8, 4) is 0 Å². The highest BCUT2D eigenvalue weighted by molar-refractivity contribution is 7.99. The van der Waals surface area contributed by atoms with Gasteiger partial charge in [0.05, 0.1) is 10.6 Å². The van der Waals surface area contributed by atoms with E-state index >= 15 is 0 Å². The van der Waals surface area contributed by atoms with Gasteiger partial charge in [-0.25, -0.2) is 9.97 Å². The van der Waals surface area contributed by atoms with E-state index in [-0.39, 0.29) is 5.25 Å². The third-order valence-corrected chi connectivity index (χ3v) is 6.43.